The summed E-state index contributed by atoms with van der Waals surface area (Å²) in [5.74, 6) is 2.21. The molecule has 6 heteroatoms. The number of rotatable bonds is 4. The Morgan fingerprint density at radius 1 is 1.23 bits per heavy atom. The predicted molar refractivity (Wildman–Crippen MR) is 85.3 cm³/mol. The van der Waals surface area contributed by atoms with Crippen molar-refractivity contribution in [2.75, 3.05) is 24.6 Å². The van der Waals surface area contributed by atoms with Crippen LogP contribution < -0.4 is 4.90 Å². The van der Waals surface area contributed by atoms with E-state index in [1.54, 1.807) is 0 Å². The van der Waals surface area contributed by atoms with Crippen molar-refractivity contribution in [3.8, 4) is 5.82 Å². The van der Waals surface area contributed by atoms with Crippen LogP contribution in [-0.2, 0) is 0 Å². The van der Waals surface area contributed by atoms with E-state index in [-0.39, 0.29) is 6.61 Å². The SMILES string of the molecule is Cc1cc(C)n(-c2ccc(N3CCC[C@H](CCO)C3)nn2)n1. The van der Waals surface area contributed by atoms with Crippen LogP contribution in [0.3, 0.4) is 0 Å². The molecule has 22 heavy (non-hydrogen) atoms. The Bertz CT molecular complexity index is 620. The molecule has 0 bridgehead atoms. The van der Waals surface area contributed by atoms with Gasteiger partial charge in [0, 0.05) is 25.4 Å². The molecule has 1 atom stereocenters. The van der Waals surface area contributed by atoms with E-state index in [1.807, 2.05) is 36.7 Å². The average molecular weight is 301 g/mol. The van der Waals surface area contributed by atoms with Crippen molar-refractivity contribution >= 4 is 5.82 Å². The molecule has 1 saturated heterocycles. The van der Waals surface area contributed by atoms with Gasteiger partial charge in [-0.2, -0.15) is 5.10 Å². The lowest BCUT2D eigenvalue weighted by atomic mass is 9.95. The molecule has 0 unspecified atom stereocenters. The third kappa shape index (κ3) is 3.11. The summed E-state index contributed by atoms with van der Waals surface area (Å²) in [6, 6.07) is 6.01. The molecule has 1 aliphatic rings. The maximum absolute atomic E-state index is 9.11. The third-order valence-electron chi connectivity index (χ3n) is 4.24. The summed E-state index contributed by atoms with van der Waals surface area (Å²) in [5, 5.41) is 22.2. The fraction of sp³-hybridized carbons (Fsp3) is 0.562. The first-order valence-electron chi connectivity index (χ1n) is 7.90. The Labute approximate surface area is 130 Å². The third-order valence-corrected chi connectivity index (χ3v) is 4.24. The standard InChI is InChI=1S/C16H23N5O/c1-12-10-13(2)21(19-12)16-6-5-15(17-18-16)20-8-3-4-14(11-20)7-9-22/h5-6,10,14,22H,3-4,7-9,11H2,1-2H3/t14-/m1/s1. The summed E-state index contributed by atoms with van der Waals surface area (Å²) in [5.41, 5.74) is 2.03. The molecule has 0 spiro atoms. The van der Waals surface area contributed by atoms with E-state index in [0.717, 1.165) is 49.0 Å². The molecular formula is C16H23N5O. The van der Waals surface area contributed by atoms with Gasteiger partial charge in [0.25, 0.3) is 0 Å². The molecule has 1 N–H and O–H groups in total. The Morgan fingerprint density at radius 2 is 2.00 bits per heavy atom. The van der Waals surface area contributed by atoms with Crippen molar-refractivity contribution in [2.45, 2.75) is 33.1 Å². The highest BCUT2D eigenvalue weighted by atomic mass is 16.3. The monoisotopic (exact) mass is 301 g/mol. The average Bonchev–Trinajstić information content (AvgIpc) is 2.87. The second kappa shape index (κ2) is 6.44. The summed E-state index contributed by atoms with van der Waals surface area (Å²) >= 11 is 0. The first-order chi connectivity index (χ1) is 10.7. The van der Waals surface area contributed by atoms with Crippen LogP contribution in [0.2, 0.25) is 0 Å². The van der Waals surface area contributed by atoms with E-state index in [2.05, 4.69) is 20.2 Å². The van der Waals surface area contributed by atoms with Crippen molar-refractivity contribution in [1.82, 2.24) is 20.0 Å². The quantitative estimate of drug-likeness (QED) is 0.934. The molecule has 118 valence electrons. The molecule has 0 aromatic carbocycles. The number of aromatic nitrogens is 4. The lowest BCUT2D eigenvalue weighted by Gasteiger charge is -2.33. The number of hydrogen-bond acceptors (Lipinski definition) is 5. The number of anilines is 1. The molecule has 1 fully saturated rings. The molecule has 0 aliphatic carbocycles. The van der Waals surface area contributed by atoms with Gasteiger partial charge < -0.3 is 10.0 Å². The fourth-order valence-corrected chi connectivity index (χ4v) is 3.15. The van der Waals surface area contributed by atoms with Gasteiger partial charge in [-0.25, -0.2) is 4.68 Å². The second-order valence-electron chi connectivity index (χ2n) is 6.06. The Kier molecular flexibility index (Phi) is 4.38. The van der Waals surface area contributed by atoms with Crippen LogP contribution in [0, 0.1) is 19.8 Å². The van der Waals surface area contributed by atoms with E-state index in [9.17, 15) is 0 Å². The number of piperidine rings is 1. The summed E-state index contributed by atoms with van der Waals surface area (Å²) < 4.78 is 1.82. The van der Waals surface area contributed by atoms with Crippen molar-refractivity contribution in [1.29, 1.82) is 0 Å². The molecule has 6 nitrogen and oxygen atoms in total. The van der Waals surface area contributed by atoms with E-state index < -0.39 is 0 Å². The lowest BCUT2D eigenvalue weighted by molar-refractivity contribution is 0.244. The molecule has 0 radical (unpaired) electrons. The predicted octanol–water partition coefficient (Wildman–Crippen LogP) is 1.88. The maximum atomic E-state index is 9.11. The zero-order chi connectivity index (χ0) is 15.5. The fourth-order valence-electron chi connectivity index (χ4n) is 3.15. The highest BCUT2D eigenvalue weighted by Gasteiger charge is 2.20. The van der Waals surface area contributed by atoms with Crippen molar-refractivity contribution < 1.29 is 5.11 Å². The highest BCUT2D eigenvalue weighted by molar-refractivity contribution is 5.40. The molecule has 3 rings (SSSR count). The summed E-state index contributed by atoms with van der Waals surface area (Å²) in [4.78, 5) is 2.27. The Hall–Kier alpha value is -1.95. The van der Waals surface area contributed by atoms with Crippen molar-refractivity contribution in [3.05, 3.63) is 29.6 Å². The maximum Gasteiger partial charge on any atom is 0.176 e. The second-order valence-corrected chi connectivity index (χ2v) is 6.06. The van der Waals surface area contributed by atoms with Gasteiger partial charge in [0.2, 0.25) is 0 Å². The van der Waals surface area contributed by atoms with Crippen LogP contribution >= 0.6 is 0 Å². The van der Waals surface area contributed by atoms with Crippen LogP contribution in [-0.4, -0.2) is 44.8 Å². The van der Waals surface area contributed by atoms with E-state index >= 15 is 0 Å². The zero-order valence-electron chi connectivity index (χ0n) is 13.2. The van der Waals surface area contributed by atoms with E-state index in [1.165, 1.54) is 6.42 Å². The highest BCUT2D eigenvalue weighted by Crippen LogP contribution is 2.23. The van der Waals surface area contributed by atoms with Crippen molar-refractivity contribution in [3.63, 3.8) is 0 Å². The summed E-state index contributed by atoms with van der Waals surface area (Å²) in [6.45, 7) is 6.21. The van der Waals surface area contributed by atoms with Crippen LogP contribution in [0.1, 0.15) is 30.7 Å². The number of hydrogen-bond donors (Lipinski definition) is 1. The van der Waals surface area contributed by atoms with Crippen LogP contribution in [0.25, 0.3) is 5.82 Å². The summed E-state index contributed by atoms with van der Waals surface area (Å²) in [7, 11) is 0. The topological polar surface area (TPSA) is 67.1 Å². The van der Waals surface area contributed by atoms with E-state index in [0.29, 0.717) is 5.92 Å². The van der Waals surface area contributed by atoms with Gasteiger partial charge in [0.1, 0.15) is 0 Å². The van der Waals surface area contributed by atoms with Gasteiger partial charge in [-0.15, -0.1) is 10.2 Å². The first-order valence-corrected chi connectivity index (χ1v) is 7.90. The number of nitrogens with zero attached hydrogens (tertiary/aromatic N) is 5. The molecular weight excluding hydrogens is 278 g/mol. The number of aliphatic hydroxyl groups is 1. The minimum Gasteiger partial charge on any atom is -0.396 e. The zero-order valence-corrected chi connectivity index (χ0v) is 13.2. The van der Waals surface area contributed by atoms with Crippen LogP contribution in [0.15, 0.2) is 18.2 Å². The van der Waals surface area contributed by atoms with E-state index in [4.69, 9.17) is 5.11 Å². The smallest absolute Gasteiger partial charge is 0.176 e. The summed E-state index contributed by atoms with van der Waals surface area (Å²) in [6.07, 6.45) is 3.20. The van der Waals surface area contributed by atoms with Gasteiger partial charge in [0.05, 0.1) is 5.69 Å². The molecule has 1 aliphatic heterocycles. The molecule has 3 heterocycles. The Morgan fingerprint density at radius 3 is 2.64 bits per heavy atom. The van der Waals surface area contributed by atoms with Gasteiger partial charge in [-0.1, -0.05) is 0 Å². The number of aliphatic hydroxyl groups excluding tert-OH is 1. The lowest BCUT2D eigenvalue weighted by Crippen LogP contribution is -2.36. The molecule has 2 aromatic heterocycles. The van der Waals surface area contributed by atoms with Crippen LogP contribution in [0.4, 0.5) is 5.82 Å². The largest absolute Gasteiger partial charge is 0.396 e. The van der Waals surface area contributed by atoms with Crippen molar-refractivity contribution in [2.24, 2.45) is 5.92 Å². The Balaban J connectivity index is 1.75. The normalized spacial score (nSPS) is 18.7. The van der Waals surface area contributed by atoms with Gasteiger partial charge in [-0.3, -0.25) is 0 Å². The molecule has 2 aromatic rings. The molecule has 0 amide bonds. The first kappa shape index (κ1) is 15.0. The van der Waals surface area contributed by atoms with Gasteiger partial charge in [0.15, 0.2) is 11.6 Å². The van der Waals surface area contributed by atoms with Gasteiger partial charge in [-0.05, 0) is 57.2 Å². The van der Waals surface area contributed by atoms with Crippen LogP contribution in [0.5, 0.6) is 0 Å². The number of aryl methyl sites for hydroxylation is 2. The molecule has 0 saturated carbocycles. The van der Waals surface area contributed by atoms with Gasteiger partial charge >= 0.3 is 0 Å². The minimum atomic E-state index is 0.265. The minimum absolute atomic E-state index is 0.265.